The first-order chi connectivity index (χ1) is 9.25. The fraction of sp³-hybridized carbons (Fsp3) is 0.188. The molecule has 0 heterocycles. The van der Waals surface area contributed by atoms with Gasteiger partial charge >= 0.3 is 0 Å². The van der Waals surface area contributed by atoms with E-state index in [9.17, 15) is 9.90 Å². The maximum atomic E-state index is 11.8. The third kappa shape index (κ3) is 4.23. The fourth-order valence-corrected chi connectivity index (χ4v) is 1.86. The minimum absolute atomic E-state index is 0.160. The van der Waals surface area contributed by atoms with Crippen LogP contribution in [0.2, 0.25) is 0 Å². The molecule has 1 atom stereocenters. The zero-order valence-electron chi connectivity index (χ0n) is 10.6. The van der Waals surface area contributed by atoms with E-state index in [1.807, 2.05) is 48.5 Å². The van der Waals surface area contributed by atoms with Gasteiger partial charge in [-0.15, -0.1) is 0 Å². The number of nitrogens with one attached hydrogen (secondary N) is 1. The second-order valence-corrected chi connectivity index (χ2v) is 4.42. The van der Waals surface area contributed by atoms with E-state index in [1.54, 1.807) is 12.1 Å². The van der Waals surface area contributed by atoms with Gasteiger partial charge in [-0.1, -0.05) is 48.5 Å². The molecule has 19 heavy (non-hydrogen) atoms. The van der Waals surface area contributed by atoms with Crippen molar-refractivity contribution < 1.29 is 9.90 Å². The Morgan fingerprint density at radius 1 is 1.00 bits per heavy atom. The summed E-state index contributed by atoms with van der Waals surface area (Å²) in [5.41, 5.74) is 1.67. The van der Waals surface area contributed by atoms with Crippen LogP contribution < -0.4 is 5.32 Å². The van der Waals surface area contributed by atoms with Gasteiger partial charge in [-0.25, -0.2) is 0 Å². The van der Waals surface area contributed by atoms with Crippen molar-refractivity contribution in [2.45, 2.75) is 12.5 Å². The molecule has 3 heteroatoms. The standard InChI is InChI=1S/C16H17NO2/c18-15(11-13-7-3-1-4-8-13)12-17-16(19)14-9-5-2-6-10-14/h1-10,15,18H,11-12H2,(H,17,19)/t15-/m0/s1. The van der Waals surface area contributed by atoms with Gasteiger partial charge in [-0.05, 0) is 17.7 Å². The third-order valence-electron chi connectivity index (χ3n) is 2.85. The van der Waals surface area contributed by atoms with Crippen LogP contribution in [0.15, 0.2) is 60.7 Å². The lowest BCUT2D eigenvalue weighted by Gasteiger charge is -2.12. The van der Waals surface area contributed by atoms with E-state index in [2.05, 4.69) is 5.32 Å². The van der Waals surface area contributed by atoms with Crippen molar-refractivity contribution in [1.82, 2.24) is 5.32 Å². The van der Waals surface area contributed by atoms with Gasteiger partial charge in [0.25, 0.3) is 5.91 Å². The van der Waals surface area contributed by atoms with Crippen LogP contribution in [-0.4, -0.2) is 23.7 Å². The number of carbonyl (C=O) groups is 1. The minimum Gasteiger partial charge on any atom is -0.391 e. The van der Waals surface area contributed by atoms with Gasteiger partial charge in [-0.2, -0.15) is 0 Å². The van der Waals surface area contributed by atoms with Crippen LogP contribution in [0.3, 0.4) is 0 Å². The van der Waals surface area contributed by atoms with Gasteiger partial charge in [0.1, 0.15) is 0 Å². The molecule has 0 aliphatic rings. The maximum absolute atomic E-state index is 11.8. The molecule has 0 unspecified atom stereocenters. The molecule has 2 N–H and O–H groups in total. The molecule has 0 fully saturated rings. The Hall–Kier alpha value is -2.13. The minimum atomic E-state index is -0.574. The number of rotatable bonds is 5. The van der Waals surface area contributed by atoms with Crippen LogP contribution >= 0.6 is 0 Å². The molecule has 2 rings (SSSR count). The topological polar surface area (TPSA) is 49.3 Å². The summed E-state index contributed by atoms with van der Waals surface area (Å²) >= 11 is 0. The molecular weight excluding hydrogens is 238 g/mol. The highest BCUT2D eigenvalue weighted by atomic mass is 16.3. The molecule has 0 aliphatic carbocycles. The Morgan fingerprint density at radius 2 is 1.58 bits per heavy atom. The number of aliphatic hydroxyl groups excluding tert-OH is 1. The monoisotopic (exact) mass is 255 g/mol. The molecule has 3 nitrogen and oxygen atoms in total. The van der Waals surface area contributed by atoms with E-state index >= 15 is 0 Å². The van der Waals surface area contributed by atoms with Crippen LogP contribution in [0.4, 0.5) is 0 Å². The van der Waals surface area contributed by atoms with Crippen LogP contribution in [0.5, 0.6) is 0 Å². The summed E-state index contributed by atoms with van der Waals surface area (Å²) < 4.78 is 0. The Kier molecular flexibility index (Phi) is 4.70. The molecule has 2 aromatic rings. The maximum Gasteiger partial charge on any atom is 0.251 e. The lowest BCUT2D eigenvalue weighted by Crippen LogP contribution is -2.33. The van der Waals surface area contributed by atoms with Crippen molar-refractivity contribution in [2.24, 2.45) is 0 Å². The van der Waals surface area contributed by atoms with Gasteiger partial charge in [0, 0.05) is 18.5 Å². The van der Waals surface area contributed by atoms with Crippen LogP contribution in [0.25, 0.3) is 0 Å². The lowest BCUT2D eigenvalue weighted by molar-refractivity contribution is 0.0916. The number of carbonyl (C=O) groups excluding carboxylic acids is 1. The predicted octanol–water partition coefficient (Wildman–Crippen LogP) is 2.02. The smallest absolute Gasteiger partial charge is 0.251 e. The number of hydrogen-bond acceptors (Lipinski definition) is 2. The second-order valence-electron chi connectivity index (χ2n) is 4.42. The number of hydrogen-bond donors (Lipinski definition) is 2. The zero-order chi connectivity index (χ0) is 13.5. The van der Waals surface area contributed by atoms with Crippen molar-refractivity contribution in [3.8, 4) is 0 Å². The summed E-state index contributed by atoms with van der Waals surface area (Å²) in [5.74, 6) is -0.160. The van der Waals surface area contributed by atoms with E-state index in [-0.39, 0.29) is 12.5 Å². The number of amides is 1. The SMILES string of the molecule is O=C(NC[C@@H](O)Cc1ccccc1)c1ccccc1. The van der Waals surface area contributed by atoms with Gasteiger partial charge in [0.2, 0.25) is 0 Å². The average Bonchev–Trinajstić information content (AvgIpc) is 2.47. The van der Waals surface area contributed by atoms with Crippen LogP contribution in [-0.2, 0) is 6.42 Å². The van der Waals surface area contributed by atoms with Crippen LogP contribution in [0.1, 0.15) is 15.9 Å². The Morgan fingerprint density at radius 3 is 2.21 bits per heavy atom. The largest absolute Gasteiger partial charge is 0.391 e. The third-order valence-corrected chi connectivity index (χ3v) is 2.85. The molecule has 0 aliphatic heterocycles. The summed E-state index contributed by atoms with van der Waals surface area (Å²) in [6, 6.07) is 18.7. The van der Waals surface area contributed by atoms with Crippen molar-refractivity contribution in [3.63, 3.8) is 0 Å². The predicted molar refractivity (Wildman–Crippen MR) is 74.9 cm³/mol. The Balaban J connectivity index is 1.81. The summed E-state index contributed by atoms with van der Waals surface area (Å²) in [6.45, 7) is 0.253. The molecule has 1 amide bonds. The normalized spacial score (nSPS) is 11.8. The summed E-state index contributed by atoms with van der Waals surface area (Å²) in [5, 5.41) is 12.6. The van der Waals surface area contributed by atoms with Gasteiger partial charge in [0.05, 0.1) is 6.10 Å². The second kappa shape index (κ2) is 6.71. The van der Waals surface area contributed by atoms with E-state index in [4.69, 9.17) is 0 Å². The first-order valence-electron chi connectivity index (χ1n) is 6.31. The quantitative estimate of drug-likeness (QED) is 0.858. The van der Waals surface area contributed by atoms with E-state index in [0.717, 1.165) is 5.56 Å². The summed E-state index contributed by atoms with van der Waals surface area (Å²) in [7, 11) is 0. The molecular formula is C16H17NO2. The molecule has 0 saturated carbocycles. The molecule has 2 aromatic carbocycles. The highest BCUT2D eigenvalue weighted by molar-refractivity contribution is 5.94. The molecule has 0 radical (unpaired) electrons. The Bertz CT molecular complexity index is 511. The molecule has 98 valence electrons. The van der Waals surface area contributed by atoms with Gasteiger partial charge < -0.3 is 10.4 Å². The van der Waals surface area contributed by atoms with E-state index < -0.39 is 6.10 Å². The van der Waals surface area contributed by atoms with Crippen molar-refractivity contribution >= 4 is 5.91 Å². The molecule has 0 spiro atoms. The van der Waals surface area contributed by atoms with E-state index in [1.165, 1.54) is 0 Å². The summed E-state index contributed by atoms with van der Waals surface area (Å²) in [4.78, 5) is 11.8. The highest BCUT2D eigenvalue weighted by Crippen LogP contribution is 2.03. The molecule has 0 bridgehead atoms. The molecule has 0 aromatic heterocycles. The fourth-order valence-electron chi connectivity index (χ4n) is 1.86. The van der Waals surface area contributed by atoms with Crippen molar-refractivity contribution in [3.05, 3.63) is 71.8 Å². The zero-order valence-corrected chi connectivity index (χ0v) is 10.6. The highest BCUT2D eigenvalue weighted by Gasteiger charge is 2.09. The van der Waals surface area contributed by atoms with Gasteiger partial charge in [-0.3, -0.25) is 4.79 Å². The average molecular weight is 255 g/mol. The van der Waals surface area contributed by atoms with Crippen molar-refractivity contribution in [2.75, 3.05) is 6.54 Å². The number of aliphatic hydroxyl groups is 1. The summed E-state index contributed by atoms with van der Waals surface area (Å²) in [6.07, 6.45) is -0.0364. The van der Waals surface area contributed by atoms with Crippen LogP contribution in [0, 0.1) is 0 Å². The Labute approximate surface area is 112 Å². The first kappa shape index (κ1) is 13.3. The van der Waals surface area contributed by atoms with E-state index in [0.29, 0.717) is 12.0 Å². The lowest BCUT2D eigenvalue weighted by atomic mass is 10.1. The van der Waals surface area contributed by atoms with Crippen molar-refractivity contribution in [1.29, 1.82) is 0 Å². The first-order valence-corrected chi connectivity index (χ1v) is 6.31. The molecule has 0 saturated heterocycles. The van der Waals surface area contributed by atoms with Gasteiger partial charge in [0.15, 0.2) is 0 Å². The number of benzene rings is 2.